The lowest BCUT2D eigenvalue weighted by molar-refractivity contribution is -0.142. The molecule has 11 nitrogen and oxygen atoms in total. The van der Waals surface area contributed by atoms with Crippen molar-refractivity contribution >= 4 is 37.0 Å². The number of para-hydroxylation sites is 1. The van der Waals surface area contributed by atoms with Crippen LogP contribution in [-0.4, -0.2) is 125 Å². The normalized spacial score (nSPS) is 21.8. The minimum atomic E-state index is -1.04. The predicted octanol–water partition coefficient (Wildman–Crippen LogP) is 2.63. The molecular formula is C35H46BN5O6. The van der Waals surface area contributed by atoms with Crippen molar-refractivity contribution in [2.24, 2.45) is 0 Å². The minimum Gasteiger partial charge on any atom is -0.509 e. The SMILES string of the molecule is [B]c1cc(C[C@@H](OC(=O)N2CCC(N3CCc4ccccc4NC3=O)CC2)C(=O)N2CCC(N3CCC(C)(O)CC3)CC2)ccc1O. The Kier molecular flexibility index (Phi) is 9.98. The number of hydrogen-bond acceptors (Lipinski definition) is 7. The molecule has 4 heterocycles. The van der Waals surface area contributed by atoms with Crippen LogP contribution in [0.3, 0.4) is 0 Å². The molecule has 4 amide bonds. The van der Waals surface area contributed by atoms with E-state index in [9.17, 15) is 24.6 Å². The monoisotopic (exact) mass is 643 g/mol. The lowest BCUT2D eigenvalue weighted by Gasteiger charge is -2.43. The Morgan fingerprint density at radius 2 is 1.62 bits per heavy atom. The van der Waals surface area contributed by atoms with Gasteiger partial charge in [0.25, 0.3) is 5.91 Å². The van der Waals surface area contributed by atoms with Crippen molar-refractivity contribution < 1.29 is 29.3 Å². The zero-order valence-electron chi connectivity index (χ0n) is 27.3. The highest BCUT2D eigenvalue weighted by atomic mass is 16.6. The maximum absolute atomic E-state index is 13.9. The van der Waals surface area contributed by atoms with Crippen molar-refractivity contribution in [3.63, 3.8) is 0 Å². The number of phenols is 1. The molecular weight excluding hydrogens is 597 g/mol. The number of amides is 4. The summed E-state index contributed by atoms with van der Waals surface area (Å²) in [4.78, 5) is 48.2. The fraction of sp³-hybridized carbons (Fsp3) is 0.571. The largest absolute Gasteiger partial charge is 0.509 e. The van der Waals surface area contributed by atoms with Crippen molar-refractivity contribution in [2.75, 3.05) is 51.1 Å². The number of carbonyl (C=O) groups is 3. The fourth-order valence-corrected chi connectivity index (χ4v) is 7.44. The number of anilines is 1. The van der Waals surface area contributed by atoms with Gasteiger partial charge in [-0.05, 0) is 75.1 Å². The first-order chi connectivity index (χ1) is 22.6. The van der Waals surface area contributed by atoms with Gasteiger partial charge in [-0.25, -0.2) is 9.59 Å². The molecule has 3 N–H and O–H groups in total. The van der Waals surface area contributed by atoms with Gasteiger partial charge in [0.15, 0.2) is 6.10 Å². The van der Waals surface area contributed by atoms with Crippen LogP contribution in [0, 0.1) is 0 Å². The third-order valence-electron chi connectivity index (χ3n) is 10.5. The third-order valence-corrected chi connectivity index (χ3v) is 10.5. The van der Waals surface area contributed by atoms with Gasteiger partial charge < -0.3 is 39.9 Å². The number of nitrogens with one attached hydrogen (secondary N) is 1. The van der Waals surface area contributed by atoms with Gasteiger partial charge in [-0.1, -0.05) is 35.8 Å². The zero-order valence-corrected chi connectivity index (χ0v) is 27.3. The van der Waals surface area contributed by atoms with Crippen molar-refractivity contribution in [3.8, 4) is 5.75 Å². The van der Waals surface area contributed by atoms with Gasteiger partial charge in [0.05, 0.1) is 5.60 Å². The van der Waals surface area contributed by atoms with E-state index in [1.54, 1.807) is 21.9 Å². The number of benzene rings is 2. The summed E-state index contributed by atoms with van der Waals surface area (Å²) in [5, 5.41) is 23.3. The number of ether oxygens (including phenoxy) is 1. The van der Waals surface area contributed by atoms with Crippen LogP contribution in [0.2, 0.25) is 0 Å². The number of likely N-dealkylation sites (tertiary alicyclic amines) is 3. The minimum absolute atomic E-state index is 0.00177. The summed E-state index contributed by atoms with van der Waals surface area (Å²) in [6.07, 6.45) is 3.69. The number of carbonyl (C=O) groups excluding carboxylic acids is 3. The molecule has 250 valence electrons. The molecule has 6 rings (SSSR count). The Morgan fingerprint density at radius 1 is 0.957 bits per heavy atom. The molecule has 12 heteroatoms. The molecule has 2 aromatic carbocycles. The van der Waals surface area contributed by atoms with Gasteiger partial charge in [0, 0.05) is 70.0 Å². The summed E-state index contributed by atoms with van der Waals surface area (Å²) in [6.45, 7) is 6.17. The Balaban J connectivity index is 1.06. The number of urea groups is 1. The molecule has 0 saturated carbocycles. The highest BCUT2D eigenvalue weighted by Crippen LogP contribution is 2.28. The Labute approximate surface area is 278 Å². The zero-order chi connectivity index (χ0) is 33.1. The average Bonchev–Trinajstić information content (AvgIpc) is 3.24. The number of aliphatic hydroxyl groups is 1. The van der Waals surface area contributed by atoms with Crippen LogP contribution in [0.1, 0.15) is 56.6 Å². The standard InChI is InChI=1S/C35H46BN5O6/c1-35(46)13-20-38(21-14-35)26-9-15-39(16-10-26)32(43)31(23-24-6-7-30(42)28(36)22-24)47-34(45)40-17-11-27(12-18-40)41-19-8-25-4-2-3-5-29(25)37-33(41)44/h2-7,22,26-27,31,42,46H,8-21,23H2,1H3,(H,37,44)/t31-/m1/s1. The summed E-state index contributed by atoms with van der Waals surface area (Å²) in [6, 6.07) is 12.9. The van der Waals surface area contributed by atoms with Crippen LogP contribution >= 0.6 is 0 Å². The first-order valence-electron chi connectivity index (χ1n) is 17.0. The van der Waals surface area contributed by atoms with E-state index in [-0.39, 0.29) is 35.6 Å². The maximum Gasteiger partial charge on any atom is 0.410 e. The van der Waals surface area contributed by atoms with Gasteiger partial charge in [-0.15, -0.1) is 0 Å². The summed E-state index contributed by atoms with van der Waals surface area (Å²) in [5.41, 5.74) is 2.24. The second-order valence-electron chi connectivity index (χ2n) is 13.8. The molecule has 47 heavy (non-hydrogen) atoms. The molecule has 3 fully saturated rings. The Bertz CT molecular complexity index is 1450. The van der Waals surface area contributed by atoms with Crippen LogP contribution < -0.4 is 10.8 Å². The summed E-state index contributed by atoms with van der Waals surface area (Å²) >= 11 is 0. The third kappa shape index (κ3) is 7.87. The Hall–Kier alpha value is -3.77. The number of phenolic OH excluding ortho intramolecular Hbond substituents is 1. The smallest absolute Gasteiger partial charge is 0.410 e. The van der Waals surface area contributed by atoms with Crippen LogP contribution in [0.4, 0.5) is 15.3 Å². The van der Waals surface area contributed by atoms with Gasteiger partial charge in [0.2, 0.25) is 0 Å². The van der Waals surface area contributed by atoms with Gasteiger partial charge in [-0.3, -0.25) is 4.79 Å². The number of hydrogen-bond donors (Lipinski definition) is 3. The van der Waals surface area contributed by atoms with E-state index < -0.39 is 17.8 Å². The van der Waals surface area contributed by atoms with E-state index in [1.807, 2.05) is 36.1 Å². The number of rotatable bonds is 6. The summed E-state index contributed by atoms with van der Waals surface area (Å²) in [5.74, 6) is -0.277. The summed E-state index contributed by atoms with van der Waals surface area (Å²) < 4.78 is 5.97. The van der Waals surface area contributed by atoms with E-state index in [0.717, 1.165) is 56.4 Å². The lowest BCUT2D eigenvalue weighted by atomic mass is 9.91. The first-order valence-corrected chi connectivity index (χ1v) is 17.0. The van der Waals surface area contributed by atoms with Gasteiger partial charge >= 0.3 is 12.1 Å². The fourth-order valence-electron chi connectivity index (χ4n) is 7.44. The molecule has 0 bridgehead atoms. The molecule has 1 atom stereocenters. The second-order valence-corrected chi connectivity index (χ2v) is 13.8. The van der Waals surface area contributed by atoms with Crippen LogP contribution in [0.25, 0.3) is 0 Å². The van der Waals surface area contributed by atoms with Crippen molar-refractivity contribution in [2.45, 2.75) is 82.1 Å². The molecule has 2 aromatic rings. The van der Waals surface area contributed by atoms with Crippen molar-refractivity contribution in [3.05, 3.63) is 53.6 Å². The quantitative estimate of drug-likeness (QED) is 0.414. The molecule has 0 unspecified atom stereocenters. The van der Waals surface area contributed by atoms with Crippen LogP contribution in [0.15, 0.2) is 42.5 Å². The second kappa shape index (κ2) is 14.2. The van der Waals surface area contributed by atoms with E-state index in [0.29, 0.717) is 57.2 Å². The molecule has 4 aliphatic heterocycles. The number of fused-ring (bicyclic) bond motifs is 1. The molecule has 2 radical (unpaired) electrons. The average molecular weight is 644 g/mol. The number of piperidine rings is 3. The van der Waals surface area contributed by atoms with Crippen LogP contribution in [-0.2, 0) is 22.4 Å². The molecule has 3 saturated heterocycles. The molecule has 4 aliphatic rings. The molecule has 0 aromatic heterocycles. The van der Waals surface area contributed by atoms with Crippen LogP contribution in [0.5, 0.6) is 5.75 Å². The maximum atomic E-state index is 13.9. The van der Waals surface area contributed by atoms with E-state index in [4.69, 9.17) is 12.6 Å². The molecule has 0 aliphatic carbocycles. The van der Waals surface area contributed by atoms with Crippen molar-refractivity contribution in [1.29, 1.82) is 0 Å². The number of nitrogens with zero attached hydrogens (tertiary/aromatic N) is 4. The predicted molar refractivity (Wildman–Crippen MR) is 179 cm³/mol. The lowest BCUT2D eigenvalue weighted by Crippen LogP contribution is -2.54. The highest BCUT2D eigenvalue weighted by Gasteiger charge is 2.37. The topological polar surface area (TPSA) is 126 Å². The number of aromatic hydroxyl groups is 1. The first kappa shape index (κ1) is 33.1. The highest BCUT2D eigenvalue weighted by molar-refractivity contribution is 6.34. The van der Waals surface area contributed by atoms with Gasteiger partial charge in [0.1, 0.15) is 13.6 Å². The molecule has 0 spiro atoms. The van der Waals surface area contributed by atoms with Crippen molar-refractivity contribution in [1.82, 2.24) is 19.6 Å². The van der Waals surface area contributed by atoms with Gasteiger partial charge in [-0.2, -0.15) is 0 Å². The van der Waals surface area contributed by atoms with E-state index in [1.165, 1.54) is 6.07 Å². The van der Waals surface area contributed by atoms with E-state index >= 15 is 0 Å². The summed E-state index contributed by atoms with van der Waals surface area (Å²) in [7, 11) is 5.94. The Morgan fingerprint density at radius 3 is 2.32 bits per heavy atom. The van der Waals surface area contributed by atoms with E-state index in [2.05, 4.69) is 10.2 Å².